The third kappa shape index (κ3) is 11.0. The SMILES string of the molecule is CCCCCCCCc1cc(-c2ncccn2)ccc1OCC(F)COCC(F)(F)C(F)(F)C(F)(F)COCCCC. The summed E-state index contributed by atoms with van der Waals surface area (Å²) < 4.78 is 113. The number of hydrogen-bond acceptors (Lipinski definition) is 5. The van der Waals surface area contributed by atoms with Gasteiger partial charge in [0, 0.05) is 24.6 Å². The molecule has 0 bridgehead atoms. The second kappa shape index (κ2) is 17.6. The van der Waals surface area contributed by atoms with E-state index in [1.807, 2.05) is 6.07 Å². The Morgan fingerprint density at radius 2 is 1.38 bits per heavy atom. The number of unbranched alkanes of at least 4 members (excludes halogenated alkanes) is 6. The highest BCUT2D eigenvalue weighted by molar-refractivity contribution is 5.58. The lowest BCUT2D eigenvalue weighted by Gasteiger charge is -2.32. The molecule has 12 heteroatoms. The third-order valence-corrected chi connectivity index (χ3v) is 6.53. The molecule has 0 spiro atoms. The maximum absolute atomic E-state index is 14.5. The molecule has 1 aromatic carbocycles. The molecule has 0 fully saturated rings. The van der Waals surface area contributed by atoms with Crippen LogP contribution in [0.5, 0.6) is 5.75 Å². The van der Waals surface area contributed by atoms with Crippen molar-refractivity contribution in [3.63, 3.8) is 0 Å². The van der Waals surface area contributed by atoms with Crippen LogP contribution in [0.15, 0.2) is 36.7 Å². The van der Waals surface area contributed by atoms with Crippen molar-refractivity contribution in [2.45, 2.75) is 95.6 Å². The Bertz CT molecular complexity index is 1030. The molecule has 0 aliphatic heterocycles. The van der Waals surface area contributed by atoms with Crippen molar-refractivity contribution < 1.29 is 44.9 Å². The Morgan fingerprint density at radius 1 is 0.762 bits per heavy atom. The van der Waals surface area contributed by atoms with Crippen molar-refractivity contribution in [1.82, 2.24) is 9.97 Å². The molecule has 0 saturated carbocycles. The van der Waals surface area contributed by atoms with Crippen molar-refractivity contribution in [2.75, 3.05) is 33.0 Å². The van der Waals surface area contributed by atoms with Crippen LogP contribution in [0.1, 0.15) is 70.8 Å². The van der Waals surface area contributed by atoms with E-state index in [0.717, 1.165) is 49.7 Å². The molecule has 2 aromatic rings. The lowest BCUT2D eigenvalue weighted by Crippen LogP contribution is -2.58. The first-order valence-electron chi connectivity index (χ1n) is 14.4. The zero-order valence-corrected chi connectivity index (χ0v) is 24.2. The van der Waals surface area contributed by atoms with Crippen LogP contribution in [0.3, 0.4) is 0 Å². The molecule has 0 aliphatic carbocycles. The molecule has 0 N–H and O–H groups in total. The molecule has 1 atom stereocenters. The quantitative estimate of drug-likeness (QED) is 0.0989. The smallest absolute Gasteiger partial charge is 0.376 e. The molecule has 1 heterocycles. The molecular formula is C30H41F7N2O3. The van der Waals surface area contributed by atoms with E-state index >= 15 is 0 Å². The van der Waals surface area contributed by atoms with Gasteiger partial charge in [-0.25, -0.2) is 14.4 Å². The lowest BCUT2D eigenvalue weighted by molar-refractivity contribution is -0.329. The maximum atomic E-state index is 14.5. The van der Waals surface area contributed by atoms with Gasteiger partial charge in [-0.05, 0) is 49.1 Å². The summed E-state index contributed by atoms with van der Waals surface area (Å²) in [6.07, 6.45) is 9.09. The molecule has 1 unspecified atom stereocenters. The first-order chi connectivity index (χ1) is 19.9. The van der Waals surface area contributed by atoms with Gasteiger partial charge in [-0.2, -0.15) is 26.3 Å². The number of halogens is 7. The third-order valence-electron chi connectivity index (χ3n) is 6.53. The number of nitrogens with zero attached hydrogens (tertiary/aromatic N) is 2. The summed E-state index contributed by atoms with van der Waals surface area (Å²) in [4.78, 5) is 8.47. The zero-order valence-electron chi connectivity index (χ0n) is 24.2. The van der Waals surface area contributed by atoms with Crippen LogP contribution in [-0.2, 0) is 15.9 Å². The second-order valence-electron chi connectivity index (χ2n) is 10.2. The summed E-state index contributed by atoms with van der Waals surface area (Å²) in [5.41, 5.74) is 1.51. The number of alkyl halides is 7. The van der Waals surface area contributed by atoms with Crippen LogP contribution in [0.4, 0.5) is 30.7 Å². The van der Waals surface area contributed by atoms with Gasteiger partial charge in [-0.1, -0.05) is 52.4 Å². The van der Waals surface area contributed by atoms with Crippen LogP contribution in [0, 0.1) is 0 Å². The van der Waals surface area contributed by atoms with Crippen LogP contribution in [0.2, 0.25) is 0 Å². The van der Waals surface area contributed by atoms with Gasteiger partial charge < -0.3 is 14.2 Å². The van der Waals surface area contributed by atoms with Crippen molar-refractivity contribution in [1.29, 1.82) is 0 Å². The van der Waals surface area contributed by atoms with Crippen molar-refractivity contribution in [3.8, 4) is 17.1 Å². The molecule has 1 aromatic heterocycles. The fourth-order valence-corrected chi connectivity index (χ4v) is 4.04. The molecule has 0 amide bonds. The second-order valence-corrected chi connectivity index (χ2v) is 10.2. The van der Waals surface area contributed by atoms with E-state index in [-0.39, 0.29) is 6.61 Å². The normalized spacial score (nSPS) is 13.4. The van der Waals surface area contributed by atoms with Gasteiger partial charge in [0.05, 0.1) is 6.61 Å². The number of aryl methyl sites for hydroxylation is 1. The minimum absolute atomic E-state index is 0.267. The zero-order chi connectivity index (χ0) is 31.1. The van der Waals surface area contributed by atoms with Crippen LogP contribution in [0.25, 0.3) is 11.4 Å². The highest BCUT2D eigenvalue weighted by Crippen LogP contribution is 2.46. The number of aromatic nitrogens is 2. The van der Waals surface area contributed by atoms with Crippen LogP contribution in [-0.4, -0.2) is 66.9 Å². The number of ether oxygens (including phenoxy) is 3. The van der Waals surface area contributed by atoms with Gasteiger partial charge in [0.15, 0.2) is 12.0 Å². The highest BCUT2D eigenvalue weighted by Gasteiger charge is 2.71. The van der Waals surface area contributed by atoms with E-state index < -0.39 is 50.4 Å². The molecule has 2 rings (SSSR count). The molecule has 0 radical (unpaired) electrons. The Kier molecular flexibility index (Phi) is 15.0. The summed E-state index contributed by atoms with van der Waals surface area (Å²) in [6, 6.07) is 6.86. The average Bonchev–Trinajstić information content (AvgIpc) is 2.96. The highest BCUT2D eigenvalue weighted by atomic mass is 19.3. The number of hydrogen-bond donors (Lipinski definition) is 0. The summed E-state index contributed by atoms with van der Waals surface area (Å²) in [6.45, 7) is -2.05. The Hall–Kier alpha value is -2.47. The minimum Gasteiger partial charge on any atom is -0.490 e. The van der Waals surface area contributed by atoms with Crippen molar-refractivity contribution >= 4 is 0 Å². The van der Waals surface area contributed by atoms with E-state index in [0.29, 0.717) is 30.8 Å². The largest absolute Gasteiger partial charge is 0.490 e. The summed E-state index contributed by atoms with van der Waals surface area (Å²) in [5.74, 6) is -15.3. The predicted molar refractivity (Wildman–Crippen MR) is 146 cm³/mol. The van der Waals surface area contributed by atoms with Gasteiger partial charge in [0.25, 0.3) is 0 Å². The Balaban J connectivity index is 1.94. The van der Waals surface area contributed by atoms with Gasteiger partial charge in [0.2, 0.25) is 0 Å². The van der Waals surface area contributed by atoms with E-state index in [1.165, 1.54) is 0 Å². The summed E-state index contributed by atoms with van der Waals surface area (Å²) >= 11 is 0. The monoisotopic (exact) mass is 610 g/mol. The summed E-state index contributed by atoms with van der Waals surface area (Å²) in [7, 11) is 0. The number of benzene rings is 1. The van der Waals surface area contributed by atoms with E-state index in [2.05, 4.69) is 26.4 Å². The van der Waals surface area contributed by atoms with E-state index in [4.69, 9.17) is 4.74 Å². The predicted octanol–water partition coefficient (Wildman–Crippen LogP) is 8.50. The standard InChI is InChI=1S/C30H41F7N2O3/c1-3-5-7-8-9-10-12-23-18-24(27-38-15-11-16-39-27)13-14-26(23)42-20-25(31)19-41-22-29(34,35)30(36,37)28(32,33)21-40-17-6-4-2/h11,13-16,18,25H,3-10,12,17,19-22H2,1-2H3. The molecule has 0 saturated heterocycles. The number of rotatable bonds is 22. The fourth-order valence-electron chi connectivity index (χ4n) is 4.04. The van der Waals surface area contributed by atoms with Crippen molar-refractivity contribution in [3.05, 3.63) is 42.2 Å². The van der Waals surface area contributed by atoms with Crippen molar-refractivity contribution in [2.24, 2.45) is 0 Å². The molecular weight excluding hydrogens is 569 g/mol. The first-order valence-corrected chi connectivity index (χ1v) is 14.4. The molecule has 42 heavy (non-hydrogen) atoms. The molecule has 0 aliphatic rings. The maximum Gasteiger partial charge on any atom is 0.376 e. The lowest BCUT2D eigenvalue weighted by atomic mass is 10.0. The van der Waals surface area contributed by atoms with Crippen LogP contribution >= 0.6 is 0 Å². The van der Waals surface area contributed by atoms with Gasteiger partial charge >= 0.3 is 17.8 Å². The van der Waals surface area contributed by atoms with Gasteiger partial charge in [0.1, 0.15) is 25.6 Å². The van der Waals surface area contributed by atoms with E-state index in [9.17, 15) is 30.7 Å². The van der Waals surface area contributed by atoms with Crippen LogP contribution < -0.4 is 4.74 Å². The molecule has 5 nitrogen and oxygen atoms in total. The fraction of sp³-hybridized carbons (Fsp3) is 0.667. The Labute approximate surface area is 243 Å². The van der Waals surface area contributed by atoms with Gasteiger partial charge in [-0.15, -0.1) is 0 Å². The topological polar surface area (TPSA) is 53.5 Å². The summed E-state index contributed by atoms with van der Waals surface area (Å²) in [5, 5.41) is 0. The first kappa shape index (κ1) is 35.7. The Morgan fingerprint density at radius 3 is 2.05 bits per heavy atom. The van der Waals surface area contributed by atoms with E-state index in [1.54, 1.807) is 37.5 Å². The average molecular weight is 611 g/mol. The molecule has 238 valence electrons. The minimum atomic E-state index is -5.76. The van der Waals surface area contributed by atoms with Gasteiger partial charge in [-0.3, -0.25) is 0 Å².